The molecule has 0 amide bonds. The number of hydrogen-bond acceptors (Lipinski definition) is 5. The van der Waals surface area contributed by atoms with Gasteiger partial charge in [0, 0.05) is 6.54 Å². The number of aryl methyl sites for hydroxylation is 1. The molecule has 142 valence electrons. The number of rotatable bonds is 9. The second kappa shape index (κ2) is 9.76. The number of hydrogen-bond donors (Lipinski definition) is 2. The van der Waals surface area contributed by atoms with Crippen LogP contribution in [0.25, 0.3) is 6.08 Å². The minimum absolute atomic E-state index is 0.0469. The Morgan fingerprint density at radius 3 is 2.67 bits per heavy atom. The van der Waals surface area contributed by atoms with Crippen molar-refractivity contribution in [2.45, 2.75) is 19.8 Å². The van der Waals surface area contributed by atoms with Crippen LogP contribution in [0, 0.1) is 11.3 Å². The van der Waals surface area contributed by atoms with Crippen molar-refractivity contribution in [3.8, 4) is 17.6 Å². The van der Waals surface area contributed by atoms with Crippen LogP contribution < -0.4 is 9.46 Å². The van der Waals surface area contributed by atoms with Crippen LogP contribution in [0.15, 0.2) is 53.4 Å². The lowest BCUT2D eigenvalue weighted by atomic mass is 10.1. The molecule has 2 N–H and O–H groups in total. The SMILES string of the molecule is CCOc1cc(C=C(C#N)S(=O)(=O)NCCCc2ccccc2)ccc1O. The molecule has 0 fully saturated rings. The number of allylic oxidation sites excluding steroid dienone is 1. The Hall–Kier alpha value is -2.82. The molecule has 0 unspecified atom stereocenters. The summed E-state index contributed by atoms with van der Waals surface area (Å²) in [6.07, 6.45) is 2.61. The molecule has 2 rings (SSSR count). The molecule has 0 aliphatic heterocycles. The van der Waals surface area contributed by atoms with E-state index < -0.39 is 14.9 Å². The predicted octanol–water partition coefficient (Wildman–Crippen LogP) is 3.21. The summed E-state index contributed by atoms with van der Waals surface area (Å²) >= 11 is 0. The molecule has 0 heterocycles. The highest BCUT2D eigenvalue weighted by molar-refractivity contribution is 7.93. The summed E-state index contributed by atoms with van der Waals surface area (Å²) in [7, 11) is -3.91. The largest absolute Gasteiger partial charge is 0.504 e. The average Bonchev–Trinajstić information content (AvgIpc) is 2.66. The number of phenols is 1. The van der Waals surface area contributed by atoms with Crippen LogP contribution in [-0.4, -0.2) is 26.7 Å². The highest BCUT2D eigenvalue weighted by Crippen LogP contribution is 2.28. The minimum atomic E-state index is -3.91. The minimum Gasteiger partial charge on any atom is -0.504 e. The molecule has 27 heavy (non-hydrogen) atoms. The van der Waals surface area contributed by atoms with E-state index >= 15 is 0 Å². The monoisotopic (exact) mass is 386 g/mol. The lowest BCUT2D eigenvalue weighted by Crippen LogP contribution is -2.26. The number of ether oxygens (including phenoxy) is 1. The summed E-state index contributed by atoms with van der Waals surface area (Å²) in [4.78, 5) is -0.393. The summed E-state index contributed by atoms with van der Waals surface area (Å²) in [5, 5.41) is 19.0. The van der Waals surface area contributed by atoms with Gasteiger partial charge >= 0.3 is 0 Å². The van der Waals surface area contributed by atoms with Crippen molar-refractivity contribution in [3.05, 3.63) is 64.6 Å². The molecule has 0 saturated heterocycles. The van der Waals surface area contributed by atoms with E-state index in [0.29, 0.717) is 18.6 Å². The smallest absolute Gasteiger partial charge is 0.250 e. The molecule has 0 spiro atoms. The highest BCUT2D eigenvalue weighted by Gasteiger charge is 2.17. The van der Waals surface area contributed by atoms with Crippen molar-refractivity contribution >= 4 is 16.1 Å². The molecule has 2 aromatic rings. The van der Waals surface area contributed by atoms with Crippen LogP contribution >= 0.6 is 0 Å². The maximum Gasteiger partial charge on any atom is 0.250 e. The van der Waals surface area contributed by atoms with E-state index in [-0.39, 0.29) is 18.0 Å². The summed E-state index contributed by atoms with van der Waals surface area (Å²) in [5.41, 5.74) is 1.57. The second-order valence-electron chi connectivity index (χ2n) is 5.77. The number of nitrogens with zero attached hydrogens (tertiary/aromatic N) is 1. The van der Waals surface area contributed by atoms with Gasteiger partial charge in [0.2, 0.25) is 0 Å². The molecule has 0 radical (unpaired) electrons. The van der Waals surface area contributed by atoms with Crippen molar-refractivity contribution in [3.63, 3.8) is 0 Å². The second-order valence-corrected chi connectivity index (χ2v) is 7.50. The Bertz CT molecular complexity index is 932. The van der Waals surface area contributed by atoms with Crippen molar-refractivity contribution in [1.29, 1.82) is 5.26 Å². The number of phenolic OH excluding ortho intramolecular Hbond substituents is 1. The first kappa shape index (κ1) is 20.5. The highest BCUT2D eigenvalue weighted by atomic mass is 32.2. The van der Waals surface area contributed by atoms with Gasteiger partial charge in [0.1, 0.15) is 6.07 Å². The normalized spacial score (nSPS) is 11.8. The number of nitriles is 1. The first-order valence-electron chi connectivity index (χ1n) is 8.57. The standard InChI is InChI=1S/C20H22N2O4S/c1-2-26-20-14-17(10-11-19(20)23)13-18(15-21)27(24,25)22-12-6-9-16-7-4-3-5-8-16/h3-5,7-8,10-11,13-14,22-23H,2,6,9,12H2,1H3. The van der Waals surface area contributed by atoms with Crippen molar-refractivity contribution in [2.75, 3.05) is 13.2 Å². The summed E-state index contributed by atoms with van der Waals surface area (Å²) in [5.74, 6) is 0.186. The van der Waals surface area contributed by atoms with Crippen LogP contribution in [-0.2, 0) is 16.4 Å². The Morgan fingerprint density at radius 2 is 2.00 bits per heavy atom. The average molecular weight is 386 g/mol. The molecule has 6 nitrogen and oxygen atoms in total. The van der Waals surface area contributed by atoms with Gasteiger partial charge in [0.25, 0.3) is 10.0 Å². The lowest BCUT2D eigenvalue weighted by Gasteiger charge is -2.08. The van der Waals surface area contributed by atoms with Gasteiger partial charge in [-0.25, -0.2) is 13.1 Å². The van der Waals surface area contributed by atoms with Crippen LogP contribution in [0.5, 0.6) is 11.5 Å². The predicted molar refractivity (Wildman–Crippen MR) is 105 cm³/mol. The Labute approximate surface area is 159 Å². The topological polar surface area (TPSA) is 99.4 Å². The third-order valence-corrected chi connectivity index (χ3v) is 5.13. The Balaban J connectivity index is 2.05. The summed E-state index contributed by atoms with van der Waals surface area (Å²) in [6, 6.07) is 15.9. The molecule has 0 aliphatic rings. The molecule has 2 aromatic carbocycles. The van der Waals surface area contributed by atoms with Crippen molar-refractivity contribution < 1.29 is 18.3 Å². The van der Waals surface area contributed by atoms with E-state index in [1.54, 1.807) is 13.0 Å². The van der Waals surface area contributed by atoms with E-state index in [0.717, 1.165) is 12.0 Å². The molecule has 0 aliphatic carbocycles. The zero-order valence-corrected chi connectivity index (χ0v) is 15.9. The lowest BCUT2D eigenvalue weighted by molar-refractivity contribution is 0.318. The molecule has 0 bridgehead atoms. The number of nitrogens with one attached hydrogen (secondary N) is 1. The zero-order valence-electron chi connectivity index (χ0n) is 15.1. The first-order valence-corrected chi connectivity index (χ1v) is 10.1. The van der Waals surface area contributed by atoms with Crippen LogP contribution in [0.4, 0.5) is 0 Å². The zero-order chi connectivity index (χ0) is 19.7. The van der Waals surface area contributed by atoms with E-state index in [1.807, 2.05) is 30.3 Å². The number of benzene rings is 2. The summed E-state index contributed by atoms with van der Waals surface area (Å²) in [6.45, 7) is 2.36. The molecular weight excluding hydrogens is 364 g/mol. The fraction of sp³-hybridized carbons (Fsp3) is 0.250. The third-order valence-electron chi connectivity index (χ3n) is 3.76. The maximum absolute atomic E-state index is 12.4. The Kier molecular flexibility index (Phi) is 7.41. The molecular formula is C20H22N2O4S. The molecule has 0 atom stereocenters. The fourth-order valence-corrected chi connectivity index (χ4v) is 3.41. The Morgan fingerprint density at radius 1 is 1.26 bits per heavy atom. The van der Waals surface area contributed by atoms with Gasteiger partial charge < -0.3 is 9.84 Å². The van der Waals surface area contributed by atoms with Crippen LogP contribution in [0.3, 0.4) is 0 Å². The van der Waals surface area contributed by atoms with E-state index in [2.05, 4.69) is 4.72 Å². The van der Waals surface area contributed by atoms with Gasteiger partial charge in [-0.2, -0.15) is 5.26 Å². The van der Waals surface area contributed by atoms with Crippen molar-refractivity contribution in [2.24, 2.45) is 0 Å². The van der Waals surface area contributed by atoms with E-state index in [4.69, 9.17) is 4.74 Å². The first-order chi connectivity index (χ1) is 13.0. The molecule has 0 aromatic heterocycles. The third kappa shape index (κ3) is 6.13. The van der Waals surface area contributed by atoms with Gasteiger partial charge in [0.15, 0.2) is 16.4 Å². The van der Waals surface area contributed by atoms with Gasteiger partial charge in [-0.1, -0.05) is 36.4 Å². The van der Waals surface area contributed by atoms with Crippen LogP contribution in [0.2, 0.25) is 0 Å². The van der Waals surface area contributed by atoms with Crippen LogP contribution in [0.1, 0.15) is 24.5 Å². The maximum atomic E-state index is 12.4. The molecule has 0 saturated carbocycles. The summed E-state index contributed by atoms with van der Waals surface area (Å²) < 4.78 is 32.5. The van der Waals surface area contributed by atoms with Gasteiger partial charge in [-0.15, -0.1) is 0 Å². The number of sulfonamides is 1. The fourth-order valence-electron chi connectivity index (χ4n) is 2.43. The van der Waals surface area contributed by atoms with Gasteiger partial charge in [0.05, 0.1) is 6.61 Å². The quantitative estimate of drug-likeness (QED) is 0.509. The van der Waals surface area contributed by atoms with Crippen molar-refractivity contribution in [1.82, 2.24) is 4.72 Å². The van der Waals surface area contributed by atoms with E-state index in [1.165, 1.54) is 24.3 Å². The molecule has 7 heteroatoms. The van der Waals surface area contributed by atoms with Gasteiger partial charge in [-0.05, 0) is 49.1 Å². The van der Waals surface area contributed by atoms with Gasteiger partial charge in [-0.3, -0.25) is 0 Å². The number of aromatic hydroxyl groups is 1. The van der Waals surface area contributed by atoms with E-state index in [9.17, 15) is 18.8 Å².